The molecule has 5 heteroatoms. The summed E-state index contributed by atoms with van der Waals surface area (Å²) in [4.78, 5) is 11.9. The number of nitrogens with one attached hydrogen (secondary N) is 2. The van der Waals surface area contributed by atoms with Gasteiger partial charge in [0, 0.05) is 20.2 Å². The van der Waals surface area contributed by atoms with Gasteiger partial charge >= 0.3 is 0 Å². The lowest BCUT2D eigenvalue weighted by molar-refractivity contribution is -0.122. The molecule has 2 atom stereocenters. The van der Waals surface area contributed by atoms with Crippen LogP contribution in [-0.2, 0) is 16.0 Å². The van der Waals surface area contributed by atoms with Gasteiger partial charge in [-0.05, 0) is 24.5 Å². The van der Waals surface area contributed by atoms with Crippen LogP contribution in [-0.4, -0.2) is 38.3 Å². The van der Waals surface area contributed by atoms with Gasteiger partial charge in [0.15, 0.2) is 0 Å². The molecule has 4 nitrogen and oxygen atoms in total. The van der Waals surface area contributed by atoms with Gasteiger partial charge < -0.3 is 15.4 Å². The van der Waals surface area contributed by atoms with Gasteiger partial charge in [0.1, 0.15) is 5.82 Å². The third kappa shape index (κ3) is 3.75. The number of methoxy groups -OCH3 is 1. The summed E-state index contributed by atoms with van der Waals surface area (Å²) in [5, 5.41) is 5.93. The minimum absolute atomic E-state index is 0.0455. The first-order valence-corrected chi connectivity index (χ1v) is 6.48. The van der Waals surface area contributed by atoms with E-state index < -0.39 is 0 Å². The second-order valence-electron chi connectivity index (χ2n) is 4.69. The van der Waals surface area contributed by atoms with Crippen molar-refractivity contribution in [1.82, 2.24) is 10.6 Å². The predicted octanol–water partition coefficient (Wildman–Crippen LogP) is 0.861. The van der Waals surface area contributed by atoms with Gasteiger partial charge in [-0.2, -0.15) is 0 Å². The Labute approximate surface area is 112 Å². The molecule has 19 heavy (non-hydrogen) atoms. The number of amides is 1. The standard InChI is InChI=1S/C14H19FN2O2/c1-19-11-8-13(17-9-11)14(18)16-7-6-10-4-2-3-5-12(10)15/h2-5,11,13,17H,6-9H2,1H3,(H,16,18). The normalized spacial score (nSPS) is 22.4. The Balaban J connectivity index is 1.74. The molecule has 0 saturated carbocycles. The Bertz CT molecular complexity index is 439. The van der Waals surface area contributed by atoms with E-state index in [1.54, 1.807) is 25.3 Å². The van der Waals surface area contributed by atoms with Crippen molar-refractivity contribution >= 4 is 5.91 Å². The summed E-state index contributed by atoms with van der Waals surface area (Å²) in [7, 11) is 1.64. The van der Waals surface area contributed by atoms with Crippen LogP contribution < -0.4 is 10.6 Å². The van der Waals surface area contributed by atoms with E-state index in [0.717, 1.165) is 0 Å². The molecule has 2 rings (SSSR count). The van der Waals surface area contributed by atoms with Crippen LogP contribution in [0, 0.1) is 5.82 Å². The molecule has 2 unspecified atom stereocenters. The van der Waals surface area contributed by atoms with E-state index >= 15 is 0 Å². The van der Waals surface area contributed by atoms with Crippen LogP contribution in [0.15, 0.2) is 24.3 Å². The van der Waals surface area contributed by atoms with E-state index in [0.29, 0.717) is 31.5 Å². The minimum atomic E-state index is -0.227. The summed E-state index contributed by atoms with van der Waals surface area (Å²) in [6.45, 7) is 1.14. The van der Waals surface area contributed by atoms with Crippen molar-refractivity contribution < 1.29 is 13.9 Å². The van der Waals surface area contributed by atoms with E-state index in [2.05, 4.69) is 10.6 Å². The zero-order chi connectivity index (χ0) is 13.7. The summed E-state index contributed by atoms with van der Waals surface area (Å²) < 4.78 is 18.6. The largest absolute Gasteiger partial charge is 0.380 e. The maximum Gasteiger partial charge on any atom is 0.237 e. The summed E-state index contributed by atoms with van der Waals surface area (Å²) in [5.41, 5.74) is 0.622. The van der Waals surface area contributed by atoms with Crippen LogP contribution in [0.1, 0.15) is 12.0 Å². The van der Waals surface area contributed by atoms with Crippen LogP contribution in [0.25, 0.3) is 0 Å². The Hall–Kier alpha value is -1.46. The highest BCUT2D eigenvalue weighted by atomic mass is 19.1. The molecule has 1 aliphatic rings. The highest BCUT2D eigenvalue weighted by Gasteiger charge is 2.28. The molecular formula is C14H19FN2O2. The average molecular weight is 266 g/mol. The minimum Gasteiger partial charge on any atom is -0.380 e. The van der Waals surface area contributed by atoms with Crippen molar-refractivity contribution in [2.75, 3.05) is 20.2 Å². The van der Waals surface area contributed by atoms with E-state index in [4.69, 9.17) is 4.74 Å². The number of carbonyl (C=O) groups excluding carboxylic acids is 1. The smallest absolute Gasteiger partial charge is 0.237 e. The topological polar surface area (TPSA) is 50.4 Å². The van der Waals surface area contributed by atoms with Crippen molar-refractivity contribution in [3.63, 3.8) is 0 Å². The van der Waals surface area contributed by atoms with Gasteiger partial charge in [-0.3, -0.25) is 4.79 Å². The Morgan fingerprint density at radius 1 is 1.53 bits per heavy atom. The average Bonchev–Trinajstić information content (AvgIpc) is 2.90. The zero-order valence-electron chi connectivity index (χ0n) is 11.0. The zero-order valence-corrected chi connectivity index (χ0v) is 11.0. The lowest BCUT2D eigenvalue weighted by Crippen LogP contribution is -2.41. The molecule has 0 bridgehead atoms. The predicted molar refractivity (Wildman–Crippen MR) is 70.3 cm³/mol. The number of hydrogen-bond acceptors (Lipinski definition) is 3. The molecule has 1 aliphatic heterocycles. The molecular weight excluding hydrogens is 247 g/mol. The number of hydrogen-bond donors (Lipinski definition) is 2. The molecule has 1 heterocycles. The van der Waals surface area contributed by atoms with Gasteiger partial charge in [0.2, 0.25) is 5.91 Å². The van der Waals surface area contributed by atoms with Gasteiger partial charge in [0.25, 0.3) is 0 Å². The highest BCUT2D eigenvalue weighted by molar-refractivity contribution is 5.82. The van der Waals surface area contributed by atoms with Gasteiger partial charge in [-0.25, -0.2) is 4.39 Å². The van der Waals surface area contributed by atoms with Crippen molar-refractivity contribution in [3.05, 3.63) is 35.6 Å². The van der Waals surface area contributed by atoms with E-state index in [9.17, 15) is 9.18 Å². The van der Waals surface area contributed by atoms with Gasteiger partial charge in [-0.1, -0.05) is 18.2 Å². The fraction of sp³-hybridized carbons (Fsp3) is 0.500. The number of benzene rings is 1. The quantitative estimate of drug-likeness (QED) is 0.831. The Kier molecular flexibility index (Phi) is 4.87. The second kappa shape index (κ2) is 6.63. The number of carbonyl (C=O) groups is 1. The molecule has 104 valence electrons. The first kappa shape index (κ1) is 14.0. The van der Waals surface area contributed by atoms with Crippen LogP contribution >= 0.6 is 0 Å². The van der Waals surface area contributed by atoms with Gasteiger partial charge in [0.05, 0.1) is 12.1 Å². The van der Waals surface area contributed by atoms with Crippen molar-refractivity contribution in [2.24, 2.45) is 0 Å². The highest BCUT2D eigenvalue weighted by Crippen LogP contribution is 2.10. The fourth-order valence-electron chi connectivity index (χ4n) is 2.23. The Morgan fingerprint density at radius 3 is 3.00 bits per heavy atom. The lowest BCUT2D eigenvalue weighted by atomic mass is 10.1. The third-order valence-electron chi connectivity index (χ3n) is 3.39. The lowest BCUT2D eigenvalue weighted by Gasteiger charge is -2.11. The van der Waals surface area contributed by atoms with Gasteiger partial charge in [-0.15, -0.1) is 0 Å². The fourth-order valence-corrected chi connectivity index (χ4v) is 2.23. The first-order chi connectivity index (χ1) is 9.20. The number of ether oxygens (including phenoxy) is 1. The third-order valence-corrected chi connectivity index (χ3v) is 3.39. The van der Waals surface area contributed by atoms with E-state index in [-0.39, 0.29) is 23.9 Å². The van der Waals surface area contributed by atoms with Crippen LogP contribution in [0.4, 0.5) is 4.39 Å². The second-order valence-corrected chi connectivity index (χ2v) is 4.69. The van der Waals surface area contributed by atoms with Crippen molar-refractivity contribution in [1.29, 1.82) is 0 Å². The molecule has 0 aromatic heterocycles. The molecule has 0 radical (unpaired) electrons. The molecule has 0 aliphatic carbocycles. The first-order valence-electron chi connectivity index (χ1n) is 6.48. The Morgan fingerprint density at radius 2 is 2.32 bits per heavy atom. The number of halogens is 1. The summed E-state index contributed by atoms with van der Waals surface area (Å²) in [5.74, 6) is -0.272. The molecule has 1 aromatic carbocycles. The summed E-state index contributed by atoms with van der Waals surface area (Å²) in [6, 6.07) is 6.41. The molecule has 0 spiro atoms. The summed E-state index contributed by atoms with van der Waals surface area (Å²) in [6.07, 6.45) is 1.28. The SMILES string of the molecule is COC1CNC(C(=O)NCCc2ccccc2F)C1. The molecule has 1 aromatic rings. The molecule has 1 saturated heterocycles. The van der Waals surface area contributed by atoms with Crippen molar-refractivity contribution in [2.45, 2.75) is 25.0 Å². The summed E-state index contributed by atoms with van der Waals surface area (Å²) >= 11 is 0. The monoisotopic (exact) mass is 266 g/mol. The van der Waals surface area contributed by atoms with Crippen LogP contribution in [0.5, 0.6) is 0 Å². The molecule has 2 N–H and O–H groups in total. The van der Waals surface area contributed by atoms with Crippen molar-refractivity contribution in [3.8, 4) is 0 Å². The molecule has 1 fully saturated rings. The van der Waals surface area contributed by atoms with E-state index in [1.165, 1.54) is 6.07 Å². The maximum atomic E-state index is 13.4. The van der Waals surface area contributed by atoms with E-state index in [1.807, 2.05) is 0 Å². The number of rotatable bonds is 5. The van der Waals surface area contributed by atoms with Crippen LogP contribution in [0.2, 0.25) is 0 Å². The maximum absolute atomic E-state index is 13.4. The van der Waals surface area contributed by atoms with Crippen LogP contribution in [0.3, 0.4) is 0 Å². The molecule has 1 amide bonds.